The van der Waals surface area contributed by atoms with Crippen LogP contribution in [0.2, 0.25) is 5.02 Å². The lowest BCUT2D eigenvalue weighted by Crippen LogP contribution is -2.39. The molecule has 1 rings (SSSR count). The lowest BCUT2D eigenvalue weighted by Gasteiger charge is -2.17. The standard InChI is InChI=1S/C10H9ClF4N2O/c11-6-1-5(2-7(12)3-6)8(9(16)18)17-4-10(13,14)15/h1-3,8,17H,4H2,(H2,16,18). The molecule has 0 aliphatic heterocycles. The van der Waals surface area contributed by atoms with Crippen molar-refractivity contribution in [3.8, 4) is 0 Å². The molecule has 1 aromatic carbocycles. The number of halogens is 5. The highest BCUT2D eigenvalue weighted by Gasteiger charge is 2.30. The van der Waals surface area contributed by atoms with Gasteiger partial charge in [0.05, 0.1) is 6.54 Å². The molecular weight excluding hydrogens is 276 g/mol. The maximum absolute atomic E-state index is 13.0. The summed E-state index contributed by atoms with van der Waals surface area (Å²) >= 11 is 5.55. The van der Waals surface area contributed by atoms with Gasteiger partial charge >= 0.3 is 6.18 Å². The minimum absolute atomic E-state index is 0.0370. The first-order valence-electron chi connectivity index (χ1n) is 4.74. The van der Waals surface area contributed by atoms with Crippen LogP contribution in [0.3, 0.4) is 0 Å². The Bertz CT molecular complexity index is 430. The Balaban J connectivity index is 2.94. The van der Waals surface area contributed by atoms with E-state index in [0.717, 1.165) is 12.1 Å². The molecule has 1 aromatic rings. The lowest BCUT2D eigenvalue weighted by molar-refractivity contribution is -0.130. The third-order valence-electron chi connectivity index (χ3n) is 2.01. The van der Waals surface area contributed by atoms with Crippen molar-refractivity contribution in [1.82, 2.24) is 5.32 Å². The van der Waals surface area contributed by atoms with Gasteiger partial charge in [-0.25, -0.2) is 4.39 Å². The predicted octanol–water partition coefficient (Wildman–Crippen LogP) is 2.16. The number of primary amides is 1. The van der Waals surface area contributed by atoms with Gasteiger partial charge in [0.15, 0.2) is 0 Å². The largest absolute Gasteiger partial charge is 0.401 e. The second-order valence-electron chi connectivity index (χ2n) is 3.53. The Morgan fingerprint density at radius 2 is 2.00 bits per heavy atom. The second-order valence-corrected chi connectivity index (χ2v) is 3.97. The molecule has 0 heterocycles. The van der Waals surface area contributed by atoms with Gasteiger partial charge in [0, 0.05) is 5.02 Å². The van der Waals surface area contributed by atoms with Gasteiger partial charge < -0.3 is 5.73 Å². The Kier molecular flexibility index (Phi) is 4.53. The van der Waals surface area contributed by atoms with Crippen molar-refractivity contribution >= 4 is 17.5 Å². The monoisotopic (exact) mass is 284 g/mol. The van der Waals surface area contributed by atoms with Crippen LogP contribution >= 0.6 is 11.6 Å². The average molecular weight is 285 g/mol. The lowest BCUT2D eigenvalue weighted by atomic mass is 10.1. The third-order valence-corrected chi connectivity index (χ3v) is 2.23. The van der Waals surface area contributed by atoms with E-state index < -0.39 is 30.5 Å². The zero-order valence-corrected chi connectivity index (χ0v) is 9.65. The van der Waals surface area contributed by atoms with Crippen LogP contribution in [0.4, 0.5) is 17.6 Å². The summed E-state index contributed by atoms with van der Waals surface area (Å²) in [6.07, 6.45) is -4.51. The van der Waals surface area contributed by atoms with Crippen LogP contribution in [-0.2, 0) is 4.79 Å². The molecule has 3 nitrogen and oxygen atoms in total. The van der Waals surface area contributed by atoms with Crippen molar-refractivity contribution in [2.24, 2.45) is 5.73 Å². The van der Waals surface area contributed by atoms with E-state index in [1.54, 1.807) is 0 Å². The van der Waals surface area contributed by atoms with Crippen LogP contribution in [0.15, 0.2) is 18.2 Å². The molecule has 0 fully saturated rings. The average Bonchev–Trinajstić information content (AvgIpc) is 2.13. The molecule has 3 N–H and O–H groups in total. The molecule has 0 aromatic heterocycles. The molecule has 0 aliphatic carbocycles. The van der Waals surface area contributed by atoms with Crippen LogP contribution in [0.5, 0.6) is 0 Å². The van der Waals surface area contributed by atoms with Crippen molar-refractivity contribution in [3.05, 3.63) is 34.6 Å². The van der Waals surface area contributed by atoms with Crippen LogP contribution in [0.25, 0.3) is 0 Å². The van der Waals surface area contributed by atoms with Gasteiger partial charge in [-0.3, -0.25) is 10.1 Å². The number of hydrogen-bond acceptors (Lipinski definition) is 2. The van der Waals surface area contributed by atoms with Gasteiger partial charge in [-0.1, -0.05) is 11.6 Å². The minimum atomic E-state index is -4.51. The van der Waals surface area contributed by atoms with E-state index in [2.05, 4.69) is 0 Å². The Morgan fingerprint density at radius 3 is 2.44 bits per heavy atom. The molecule has 0 aliphatic rings. The van der Waals surface area contributed by atoms with Gasteiger partial charge in [0.1, 0.15) is 11.9 Å². The molecule has 1 amide bonds. The normalized spacial score (nSPS) is 13.4. The van der Waals surface area contributed by atoms with Gasteiger partial charge in [0.25, 0.3) is 0 Å². The zero-order chi connectivity index (χ0) is 13.9. The summed E-state index contributed by atoms with van der Waals surface area (Å²) in [6.45, 7) is -1.42. The first-order chi connectivity index (χ1) is 8.19. The zero-order valence-electron chi connectivity index (χ0n) is 8.89. The number of carbonyl (C=O) groups excluding carboxylic acids is 1. The predicted molar refractivity (Wildman–Crippen MR) is 57.4 cm³/mol. The molecule has 0 spiro atoms. The van der Waals surface area contributed by atoms with Crippen LogP contribution in [-0.4, -0.2) is 18.6 Å². The number of alkyl halides is 3. The fourth-order valence-corrected chi connectivity index (χ4v) is 1.57. The second kappa shape index (κ2) is 5.53. The third kappa shape index (κ3) is 4.50. The number of rotatable bonds is 4. The summed E-state index contributed by atoms with van der Waals surface area (Å²) in [6, 6.07) is 1.57. The Morgan fingerprint density at radius 1 is 1.39 bits per heavy atom. The number of nitrogens with two attached hydrogens (primary N) is 1. The quantitative estimate of drug-likeness (QED) is 0.833. The topological polar surface area (TPSA) is 55.1 Å². The minimum Gasteiger partial charge on any atom is -0.368 e. The van der Waals surface area contributed by atoms with Crippen LogP contribution in [0, 0.1) is 5.82 Å². The van der Waals surface area contributed by atoms with Crippen LogP contribution in [0.1, 0.15) is 11.6 Å². The van der Waals surface area contributed by atoms with Crippen molar-refractivity contribution in [2.75, 3.05) is 6.54 Å². The maximum Gasteiger partial charge on any atom is 0.401 e. The van der Waals surface area contributed by atoms with Crippen molar-refractivity contribution in [1.29, 1.82) is 0 Å². The van der Waals surface area contributed by atoms with E-state index in [9.17, 15) is 22.4 Å². The SMILES string of the molecule is NC(=O)C(NCC(F)(F)F)c1cc(F)cc(Cl)c1. The molecule has 1 atom stereocenters. The van der Waals surface area contributed by atoms with Gasteiger partial charge in [0.2, 0.25) is 5.91 Å². The molecule has 0 bridgehead atoms. The van der Waals surface area contributed by atoms with Crippen molar-refractivity contribution < 1.29 is 22.4 Å². The molecule has 8 heteroatoms. The molecule has 0 radical (unpaired) electrons. The molecule has 0 saturated heterocycles. The summed E-state index contributed by atoms with van der Waals surface area (Å²) in [5.74, 6) is -1.82. The number of amides is 1. The van der Waals surface area contributed by atoms with Gasteiger partial charge in [-0.05, 0) is 23.8 Å². The highest BCUT2D eigenvalue weighted by atomic mass is 35.5. The molecule has 0 saturated carbocycles. The van der Waals surface area contributed by atoms with E-state index in [1.165, 1.54) is 6.07 Å². The fraction of sp³-hybridized carbons (Fsp3) is 0.300. The van der Waals surface area contributed by atoms with E-state index in [-0.39, 0.29) is 10.6 Å². The van der Waals surface area contributed by atoms with Crippen molar-refractivity contribution in [2.45, 2.75) is 12.2 Å². The number of benzene rings is 1. The number of hydrogen-bond donors (Lipinski definition) is 2. The first-order valence-corrected chi connectivity index (χ1v) is 5.12. The highest BCUT2D eigenvalue weighted by molar-refractivity contribution is 6.30. The van der Waals surface area contributed by atoms with E-state index in [1.807, 2.05) is 5.32 Å². The van der Waals surface area contributed by atoms with Crippen LogP contribution < -0.4 is 11.1 Å². The summed E-state index contributed by atoms with van der Waals surface area (Å²) in [4.78, 5) is 11.1. The smallest absolute Gasteiger partial charge is 0.368 e. The maximum atomic E-state index is 13.0. The molecular formula is C10H9ClF4N2O. The Hall–Kier alpha value is -1.34. The molecule has 100 valence electrons. The van der Waals surface area contributed by atoms with Crippen molar-refractivity contribution in [3.63, 3.8) is 0 Å². The first kappa shape index (κ1) is 14.7. The van der Waals surface area contributed by atoms with E-state index in [0.29, 0.717) is 0 Å². The summed E-state index contributed by atoms with van der Waals surface area (Å²) in [5.41, 5.74) is 4.91. The fourth-order valence-electron chi connectivity index (χ4n) is 1.34. The van der Waals surface area contributed by atoms with E-state index >= 15 is 0 Å². The molecule has 1 unspecified atom stereocenters. The highest BCUT2D eigenvalue weighted by Crippen LogP contribution is 2.21. The van der Waals surface area contributed by atoms with E-state index in [4.69, 9.17) is 17.3 Å². The Labute approximate surface area is 105 Å². The number of nitrogens with one attached hydrogen (secondary N) is 1. The van der Waals surface area contributed by atoms with Gasteiger partial charge in [-0.15, -0.1) is 0 Å². The molecule has 18 heavy (non-hydrogen) atoms. The summed E-state index contributed by atoms with van der Waals surface area (Å²) < 4.78 is 49.2. The summed E-state index contributed by atoms with van der Waals surface area (Å²) in [7, 11) is 0. The van der Waals surface area contributed by atoms with Gasteiger partial charge in [-0.2, -0.15) is 13.2 Å². The number of carbonyl (C=O) groups is 1. The summed E-state index contributed by atoms with van der Waals surface area (Å²) in [5, 5.41) is 1.87.